The average molecular weight is 253 g/mol. The van der Waals surface area contributed by atoms with Crippen molar-refractivity contribution < 1.29 is 4.79 Å². The molecular weight excluding hydrogens is 242 g/mol. The van der Waals surface area contributed by atoms with Crippen molar-refractivity contribution in [3.8, 4) is 18.2 Å². The lowest BCUT2D eigenvalue weighted by Crippen LogP contribution is -2.30. The second kappa shape index (κ2) is 7.32. The lowest BCUT2D eigenvalue weighted by Gasteiger charge is -2.07. The number of rotatable bonds is 5. The Labute approximate surface area is 110 Å². The van der Waals surface area contributed by atoms with Crippen molar-refractivity contribution >= 4 is 11.6 Å². The summed E-state index contributed by atoms with van der Waals surface area (Å²) in [5.74, 6) is -0.238. The number of hydrogen-bond acceptors (Lipinski definition) is 5. The summed E-state index contributed by atoms with van der Waals surface area (Å²) in [6.07, 6.45) is 0.265. The highest BCUT2D eigenvalue weighted by Gasteiger charge is 2.04. The monoisotopic (exact) mass is 253 g/mol. The first-order chi connectivity index (χ1) is 9.21. The van der Waals surface area contributed by atoms with Crippen LogP contribution in [0.25, 0.3) is 0 Å². The van der Waals surface area contributed by atoms with Gasteiger partial charge in [0.05, 0.1) is 30.2 Å². The van der Waals surface area contributed by atoms with E-state index < -0.39 is 0 Å². The van der Waals surface area contributed by atoms with Crippen molar-refractivity contribution in [3.05, 3.63) is 29.3 Å². The summed E-state index contributed by atoms with van der Waals surface area (Å²) < 4.78 is 0. The molecule has 0 aliphatic heterocycles. The molecule has 0 atom stereocenters. The standard InChI is InChI=1S/C13H11N5O/c14-4-1-5-17-13(19)9-18-12-3-2-10(7-15)11(6-12)8-16/h2-3,6,18H,1,5,9H2,(H,17,19). The lowest BCUT2D eigenvalue weighted by atomic mass is 10.1. The Kier molecular flexibility index (Phi) is 5.40. The van der Waals surface area contributed by atoms with E-state index in [0.29, 0.717) is 17.8 Å². The molecule has 0 aliphatic rings. The number of nitrogens with zero attached hydrogens (tertiary/aromatic N) is 3. The molecule has 6 nitrogen and oxygen atoms in total. The molecule has 1 aromatic carbocycles. The summed E-state index contributed by atoms with van der Waals surface area (Å²) in [4.78, 5) is 11.4. The molecule has 0 unspecified atom stereocenters. The highest BCUT2D eigenvalue weighted by molar-refractivity contribution is 5.80. The smallest absolute Gasteiger partial charge is 0.239 e. The van der Waals surface area contributed by atoms with Crippen LogP contribution in [-0.2, 0) is 4.79 Å². The lowest BCUT2D eigenvalue weighted by molar-refractivity contribution is -0.119. The highest BCUT2D eigenvalue weighted by atomic mass is 16.1. The molecule has 0 heterocycles. The number of nitriles is 3. The maximum absolute atomic E-state index is 11.4. The Morgan fingerprint density at radius 1 is 1.16 bits per heavy atom. The molecule has 94 valence electrons. The Hall–Kier alpha value is -3.04. The summed E-state index contributed by atoms with van der Waals surface area (Å²) in [5.41, 5.74) is 1.15. The largest absolute Gasteiger partial charge is 0.376 e. The van der Waals surface area contributed by atoms with Crippen LogP contribution in [0, 0.1) is 34.0 Å². The van der Waals surface area contributed by atoms with Crippen LogP contribution in [0.3, 0.4) is 0 Å². The van der Waals surface area contributed by atoms with E-state index in [-0.39, 0.29) is 24.4 Å². The number of anilines is 1. The third kappa shape index (κ3) is 4.38. The average Bonchev–Trinajstić information content (AvgIpc) is 2.45. The van der Waals surface area contributed by atoms with Crippen molar-refractivity contribution in [2.45, 2.75) is 6.42 Å². The van der Waals surface area contributed by atoms with E-state index in [1.807, 2.05) is 18.2 Å². The zero-order valence-corrected chi connectivity index (χ0v) is 10.1. The quantitative estimate of drug-likeness (QED) is 0.756. The van der Waals surface area contributed by atoms with E-state index in [1.165, 1.54) is 12.1 Å². The van der Waals surface area contributed by atoms with Gasteiger partial charge in [-0.15, -0.1) is 0 Å². The van der Waals surface area contributed by atoms with Gasteiger partial charge in [0.25, 0.3) is 0 Å². The first kappa shape index (κ1) is 14.0. The molecule has 1 aromatic rings. The maximum Gasteiger partial charge on any atom is 0.239 e. The Morgan fingerprint density at radius 2 is 1.89 bits per heavy atom. The van der Waals surface area contributed by atoms with Gasteiger partial charge >= 0.3 is 0 Å². The van der Waals surface area contributed by atoms with Gasteiger partial charge in [0, 0.05) is 12.2 Å². The zero-order chi connectivity index (χ0) is 14.1. The van der Waals surface area contributed by atoms with E-state index in [1.54, 1.807) is 6.07 Å². The van der Waals surface area contributed by atoms with Crippen LogP contribution in [0.4, 0.5) is 5.69 Å². The molecule has 1 rings (SSSR count). The predicted molar refractivity (Wildman–Crippen MR) is 67.6 cm³/mol. The molecule has 0 aliphatic carbocycles. The van der Waals surface area contributed by atoms with Crippen molar-refractivity contribution in [2.24, 2.45) is 0 Å². The Balaban J connectivity index is 2.55. The van der Waals surface area contributed by atoms with Crippen LogP contribution >= 0.6 is 0 Å². The molecule has 0 saturated carbocycles. The van der Waals surface area contributed by atoms with Crippen molar-refractivity contribution in [3.63, 3.8) is 0 Å². The van der Waals surface area contributed by atoms with Crippen molar-refractivity contribution in [1.82, 2.24) is 5.32 Å². The van der Waals surface area contributed by atoms with Crippen LogP contribution in [0.2, 0.25) is 0 Å². The second-order valence-corrected chi connectivity index (χ2v) is 3.60. The van der Waals surface area contributed by atoms with E-state index in [9.17, 15) is 4.79 Å². The SMILES string of the molecule is N#CCCNC(=O)CNc1ccc(C#N)c(C#N)c1. The third-order valence-electron chi connectivity index (χ3n) is 2.27. The molecule has 2 N–H and O–H groups in total. The molecule has 0 bridgehead atoms. The van der Waals surface area contributed by atoms with Gasteiger partial charge in [-0.1, -0.05) is 0 Å². The summed E-state index contributed by atoms with van der Waals surface area (Å²) in [5, 5.41) is 31.3. The van der Waals surface area contributed by atoms with Gasteiger partial charge in [0.15, 0.2) is 0 Å². The van der Waals surface area contributed by atoms with Gasteiger partial charge in [-0.2, -0.15) is 15.8 Å². The van der Waals surface area contributed by atoms with Crippen molar-refractivity contribution in [2.75, 3.05) is 18.4 Å². The fourth-order valence-electron chi connectivity index (χ4n) is 1.35. The summed E-state index contributed by atoms with van der Waals surface area (Å²) >= 11 is 0. The molecule has 0 saturated heterocycles. The van der Waals surface area contributed by atoms with Crippen LogP contribution in [0.15, 0.2) is 18.2 Å². The number of benzene rings is 1. The number of hydrogen-bond donors (Lipinski definition) is 2. The molecule has 0 fully saturated rings. The van der Waals surface area contributed by atoms with E-state index >= 15 is 0 Å². The number of carbonyl (C=O) groups excluding carboxylic acids is 1. The molecule has 1 amide bonds. The minimum absolute atomic E-state index is 0.0438. The molecular formula is C13H11N5O. The molecule has 0 aromatic heterocycles. The first-order valence-corrected chi connectivity index (χ1v) is 5.53. The minimum atomic E-state index is -0.238. The fourth-order valence-corrected chi connectivity index (χ4v) is 1.35. The maximum atomic E-state index is 11.4. The van der Waals surface area contributed by atoms with E-state index in [0.717, 1.165) is 0 Å². The van der Waals surface area contributed by atoms with Gasteiger partial charge in [0.1, 0.15) is 12.1 Å². The van der Waals surface area contributed by atoms with Crippen LogP contribution in [0.5, 0.6) is 0 Å². The predicted octanol–water partition coefficient (Wildman–Crippen LogP) is 0.872. The van der Waals surface area contributed by atoms with Gasteiger partial charge in [-0.05, 0) is 18.2 Å². The first-order valence-electron chi connectivity index (χ1n) is 5.53. The van der Waals surface area contributed by atoms with Gasteiger partial charge < -0.3 is 10.6 Å². The summed E-state index contributed by atoms with van der Waals surface area (Å²) in [6, 6.07) is 10.4. The normalized spacial score (nSPS) is 8.68. The molecule has 6 heteroatoms. The third-order valence-corrected chi connectivity index (χ3v) is 2.27. The van der Waals surface area contributed by atoms with Gasteiger partial charge in [-0.25, -0.2) is 0 Å². The summed E-state index contributed by atoms with van der Waals surface area (Å²) in [7, 11) is 0. The van der Waals surface area contributed by atoms with E-state index in [2.05, 4.69) is 10.6 Å². The number of carbonyl (C=O) groups is 1. The molecule has 0 spiro atoms. The number of nitrogens with one attached hydrogen (secondary N) is 2. The minimum Gasteiger partial charge on any atom is -0.376 e. The van der Waals surface area contributed by atoms with E-state index in [4.69, 9.17) is 15.8 Å². The van der Waals surface area contributed by atoms with Gasteiger partial charge in [0.2, 0.25) is 5.91 Å². The Bertz CT molecular complexity index is 589. The molecule has 19 heavy (non-hydrogen) atoms. The topological polar surface area (TPSA) is 112 Å². The molecule has 0 radical (unpaired) electrons. The van der Waals surface area contributed by atoms with Crippen LogP contribution < -0.4 is 10.6 Å². The van der Waals surface area contributed by atoms with Crippen molar-refractivity contribution in [1.29, 1.82) is 15.8 Å². The summed E-state index contributed by atoms with van der Waals surface area (Å²) in [6.45, 7) is 0.357. The number of amides is 1. The highest BCUT2D eigenvalue weighted by Crippen LogP contribution is 2.14. The van der Waals surface area contributed by atoms with Gasteiger partial charge in [-0.3, -0.25) is 4.79 Å². The Morgan fingerprint density at radius 3 is 2.53 bits per heavy atom. The fraction of sp³-hybridized carbons (Fsp3) is 0.231. The van der Waals surface area contributed by atoms with Crippen LogP contribution in [-0.4, -0.2) is 19.0 Å². The second-order valence-electron chi connectivity index (χ2n) is 3.60. The van der Waals surface area contributed by atoms with Crippen LogP contribution in [0.1, 0.15) is 17.5 Å². The zero-order valence-electron chi connectivity index (χ0n) is 10.1.